The van der Waals surface area contributed by atoms with E-state index in [0.29, 0.717) is 5.69 Å². The topological polar surface area (TPSA) is 36.7 Å². The van der Waals surface area contributed by atoms with Crippen LogP contribution in [-0.4, -0.2) is 4.98 Å². The molecule has 19 heavy (non-hydrogen) atoms. The monoisotopic (exact) mass is 262 g/mol. The van der Waals surface area contributed by atoms with Gasteiger partial charge in [0.25, 0.3) is 0 Å². The fourth-order valence-corrected chi connectivity index (χ4v) is 1.75. The van der Waals surface area contributed by atoms with Crippen molar-refractivity contribution in [3.63, 3.8) is 0 Å². The number of alkyl halides is 3. The first-order valence-electron chi connectivity index (χ1n) is 5.51. The van der Waals surface area contributed by atoms with E-state index in [1.54, 1.807) is 30.3 Å². The van der Waals surface area contributed by atoms with Gasteiger partial charge in [-0.15, -0.1) is 0 Å². The van der Waals surface area contributed by atoms with Gasteiger partial charge in [-0.1, -0.05) is 30.3 Å². The van der Waals surface area contributed by atoms with E-state index in [0.717, 1.165) is 11.8 Å². The maximum atomic E-state index is 12.8. The van der Waals surface area contributed by atoms with Gasteiger partial charge in [-0.3, -0.25) is 4.98 Å². The summed E-state index contributed by atoms with van der Waals surface area (Å²) in [7, 11) is 0. The van der Waals surface area contributed by atoms with Crippen molar-refractivity contribution < 1.29 is 13.2 Å². The molecule has 0 fully saturated rings. The molecule has 0 unspecified atom stereocenters. The molecule has 1 aromatic carbocycles. The molecule has 0 aliphatic carbocycles. The van der Waals surface area contributed by atoms with Crippen LogP contribution >= 0.6 is 0 Å². The lowest BCUT2D eigenvalue weighted by atomic mass is 10.0. The Hall–Kier alpha value is -2.35. The Labute approximate surface area is 108 Å². The molecule has 0 saturated heterocycles. The average molecular weight is 262 g/mol. The van der Waals surface area contributed by atoms with Gasteiger partial charge in [0.15, 0.2) is 0 Å². The Balaban J connectivity index is 2.52. The molecule has 0 aliphatic heterocycles. The smallest absolute Gasteiger partial charge is 0.256 e. The number of halogens is 3. The summed E-state index contributed by atoms with van der Waals surface area (Å²) >= 11 is 0. The van der Waals surface area contributed by atoms with Gasteiger partial charge >= 0.3 is 6.18 Å². The number of hydrogen-bond acceptors (Lipinski definition) is 2. The summed E-state index contributed by atoms with van der Waals surface area (Å²) in [4.78, 5) is 3.83. The lowest BCUT2D eigenvalue weighted by Crippen LogP contribution is -2.10. The van der Waals surface area contributed by atoms with Crippen LogP contribution in [0.5, 0.6) is 0 Å². The third kappa shape index (κ3) is 2.91. The van der Waals surface area contributed by atoms with Crippen molar-refractivity contribution in [3.05, 3.63) is 53.7 Å². The molecule has 2 rings (SSSR count). The van der Waals surface area contributed by atoms with E-state index in [1.807, 2.05) is 6.07 Å². The highest BCUT2D eigenvalue weighted by Crippen LogP contribution is 2.33. The van der Waals surface area contributed by atoms with Crippen LogP contribution in [0.15, 0.2) is 42.6 Å². The zero-order chi connectivity index (χ0) is 13.9. The normalized spacial score (nSPS) is 11.1. The molecule has 2 aromatic rings. The van der Waals surface area contributed by atoms with E-state index in [2.05, 4.69) is 4.98 Å². The third-order valence-electron chi connectivity index (χ3n) is 2.63. The second-order valence-electron chi connectivity index (χ2n) is 3.93. The molecular formula is C14H9F3N2. The zero-order valence-corrected chi connectivity index (χ0v) is 9.78. The summed E-state index contributed by atoms with van der Waals surface area (Å²) in [6.45, 7) is 0. The highest BCUT2D eigenvalue weighted by atomic mass is 19.4. The van der Waals surface area contributed by atoms with Crippen molar-refractivity contribution in [2.75, 3.05) is 0 Å². The van der Waals surface area contributed by atoms with E-state index in [4.69, 9.17) is 5.26 Å². The van der Waals surface area contributed by atoms with Gasteiger partial charge in [0.05, 0.1) is 23.7 Å². The van der Waals surface area contributed by atoms with E-state index >= 15 is 0 Å². The molecule has 0 bridgehead atoms. The van der Waals surface area contributed by atoms with Crippen molar-refractivity contribution >= 4 is 0 Å². The van der Waals surface area contributed by atoms with Crippen molar-refractivity contribution in [2.45, 2.75) is 12.6 Å². The van der Waals surface area contributed by atoms with Gasteiger partial charge in [-0.05, 0) is 11.6 Å². The number of nitriles is 1. The Morgan fingerprint density at radius 1 is 1.16 bits per heavy atom. The van der Waals surface area contributed by atoms with Crippen LogP contribution in [0.3, 0.4) is 0 Å². The first-order valence-corrected chi connectivity index (χ1v) is 5.51. The molecule has 1 aromatic heterocycles. The predicted molar refractivity (Wildman–Crippen MR) is 64.0 cm³/mol. The largest absolute Gasteiger partial charge is 0.418 e. The molecule has 0 radical (unpaired) electrons. The van der Waals surface area contributed by atoms with E-state index in [9.17, 15) is 13.2 Å². The molecular weight excluding hydrogens is 253 g/mol. The fourth-order valence-electron chi connectivity index (χ4n) is 1.75. The van der Waals surface area contributed by atoms with Crippen molar-refractivity contribution in [3.8, 4) is 17.3 Å². The summed E-state index contributed by atoms with van der Waals surface area (Å²) in [6, 6.07) is 11.9. The molecule has 0 spiro atoms. The molecule has 0 amide bonds. The number of aromatic nitrogens is 1. The Morgan fingerprint density at radius 3 is 2.42 bits per heavy atom. The minimum atomic E-state index is -4.49. The van der Waals surface area contributed by atoms with Gasteiger partial charge in [0, 0.05) is 11.8 Å². The number of rotatable bonds is 2. The first kappa shape index (κ1) is 13.1. The molecule has 0 atom stereocenters. The summed E-state index contributed by atoms with van der Waals surface area (Å²) in [6.07, 6.45) is -4.00. The summed E-state index contributed by atoms with van der Waals surface area (Å²) in [5.74, 6) is 0. The van der Waals surface area contributed by atoms with E-state index in [1.165, 1.54) is 6.07 Å². The van der Waals surface area contributed by atoms with Crippen LogP contribution in [0.2, 0.25) is 0 Å². The molecule has 96 valence electrons. The van der Waals surface area contributed by atoms with Crippen LogP contribution < -0.4 is 0 Å². The van der Waals surface area contributed by atoms with Crippen molar-refractivity contribution in [1.82, 2.24) is 4.98 Å². The van der Waals surface area contributed by atoms with Crippen LogP contribution in [0.1, 0.15) is 11.1 Å². The lowest BCUT2D eigenvalue weighted by Gasteiger charge is -2.12. The summed E-state index contributed by atoms with van der Waals surface area (Å²) < 4.78 is 38.3. The maximum Gasteiger partial charge on any atom is 0.418 e. The summed E-state index contributed by atoms with van der Waals surface area (Å²) in [5.41, 5.74) is 0.242. The number of benzene rings is 1. The minimum absolute atomic E-state index is 0.0520. The molecule has 0 aliphatic rings. The van der Waals surface area contributed by atoms with Gasteiger partial charge in [0.1, 0.15) is 0 Å². The molecule has 2 nitrogen and oxygen atoms in total. The zero-order valence-electron chi connectivity index (χ0n) is 9.78. The second-order valence-corrected chi connectivity index (χ2v) is 3.93. The van der Waals surface area contributed by atoms with E-state index in [-0.39, 0.29) is 12.0 Å². The Bertz CT molecular complexity index is 613. The summed E-state index contributed by atoms with van der Waals surface area (Å²) in [5, 5.41) is 8.63. The Morgan fingerprint density at radius 2 is 1.84 bits per heavy atom. The van der Waals surface area contributed by atoms with Crippen LogP contribution in [0.4, 0.5) is 13.2 Å². The predicted octanol–water partition coefficient (Wildman–Crippen LogP) is 3.83. The van der Waals surface area contributed by atoms with Gasteiger partial charge in [-0.25, -0.2) is 0 Å². The highest BCUT2D eigenvalue weighted by molar-refractivity contribution is 5.60. The second kappa shape index (κ2) is 5.11. The van der Waals surface area contributed by atoms with Gasteiger partial charge < -0.3 is 0 Å². The molecule has 0 saturated carbocycles. The molecule has 0 N–H and O–H groups in total. The van der Waals surface area contributed by atoms with Crippen molar-refractivity contribution in [1.29, 1.82) is 5.26 Å². The highest BCUT2D eigenvalue weighted by Gasteiger charge is 2.33. The third-order valence-corrected chi connectivity index (χ3v) is 2.63. The van der Waals surface area contributed by atoms with Crippen LogP contribution in [0.25, 0.3) is 11.3 Å². The number of hydrogen-bond donors (Lipinski definition) is 0. The van der Waals surface area contributed by atoms with Gasteiger partial charge in [0.2, 0.25) is 0 Å². The fraction of sp³-hybridized carbons (Fsp3) is 0.143. The molecule has 1 heterocycles. The Kier molecular flexibility index (Phi) is 3.52. The SMILES string of the molecule is N#CCc1cc(-c2ccccc2)ncc1C(F)(F)F. The minimum Gasteiger partial charge on any atom is -0.256 e. The lowest BCUT2D eigenvalue weighted by molar-refractivity contribution is -0.138. The standard InChI is InChI=1S/C14H9F3N2/c15-14(16,17)12-9-19-13(8-11(12)6-7-18)10-4-2-1-3-5-10/h1-5,8-9H,6H2. The average Bonchev–Trinajstić information content (AvgIpc) is 2.39. The molecule has 5 heteroatoms. The van der Waals surface area contributed by atoms with Crippen LogP contribution in [-0.2, 0) is 12.6 Å². The van der Waals surface area contributed by atoms with Gasteiger partial charge in [-0.2, -0.15) is 18.4 Å². The number of pyridine rings is 1. The van der Waals surface area contributed by atoms with Crippen LogP contribution in [0, 0.1) is 11.3 Å². The number of nitrogens with zero attached hydrogens (tertiary/aromatic N) is 2. The maximum absolute atomic E-state index is 12.8. The quantitative estimate of drug-likeness (QED) is 0.824. The van der Waals surface area contributed by atoms with E-state index < -0.39 is 11.7 Å². The van der Waals surface area contributed by atoms with Crippen molar-refractivity contribution in [2.24, 2.45) is 0 Å². The first-order chi connectivity index (χ1) is 9.02.